The van der Waals surface area contributed by atoms with E-state index in [-0.39, 0.29) is 28.6 Å². The number of nitrogens with one attached hydrogen (secondary N) is 1. The van der Waals surface area contributed by atoms with E-state index in [0.29, 0.717) is 34.4 Å². The van der Waals surface area contributed by atoms with Gasteiger partial charge in [-0.1, -0.05) is 6.07 Å². The van der Waals surface area contributed by atoms with Crippen LogP contribution in [0.3, 0.4) is 0 Å². The van der Waals surface area contributed by atoms with Crippen LogP contribution in [0.2, 0.25) is 0 Å². The van der Waals surface area contributed by atoms with Crippen molar-refractivity contribution in [3.8, 4) is 28.4 Å². The highest BCUT2D eigenvalue weighted by molar-refractivity contribution is 7.98. The summed E-state index contributed by atoms with van der Waals surface area (Å²) in [5.41, 5.74) is 2.07. The molecule has 0 aromatic heterocycles. The zero-order valence-corrected chi connectivity index (χ0v) is 23.2. The van der Waals surface area contributed by atoms with Crippen LogP contribution in [-0.4, -0.2) is 88.9 Å². The quantitative estimate of drug-likeness (QED) is 0.192. The molecule has 40 heavy (non-hydrogen) atoms. The molecule has 6 atom stereocenters. The van der Waals surface area contributed by atoms with Crippen LogP contribution in [-0.2, 0) is 16.0 Å². The molecule has 0 radical (unpaired) electrons. The zero-order chi connectivity index (χ0) is 29.4. The first-order valence-corrected chi connectivity index (χ1v) is 13.7. The van der Waals surface area contributed by atoms with E-state index in [4.69, 9.17) is 18.9 Å². The number of benzene rings is 1. The largest absolute Gasteiger partial charge is 0.493 e. The molecule has 2 aliphatic rings. The van der Waals surface area contributed by atoms with Gasteiger partial charge in [0.2, 0.25) is 11.7 Å². The van der Waals surface area contributed by atoms with Gasteiger partial charge in [0.1, 0.15) is 18.3 Å². The Morgan fingerprint density at radius 1 is 1.15 bits per heavy atom. The Hall–Kier alpha value is -2.91. The van der Waals surface area contributed by atoms with Crippen molar-refractivity contribution in [2.45, 2.75) is 61.1 Å². The second-order valence-corrected chi connectivity index (χ2v) is 10.4. The average Bonchev–Trinajstić information content (AvgIpc) is 3.17. The SMILES string of the molecule is COc1cc2c(c(OC)c1O[C@@]1(O)O[C@H](CO)[C@@H](O)[C@H](O)[C@H]1O)-c1ccc(SC)c(=O)cc1C(NC(C)=O)CC2. The summed E-state index contributed by atoms with van der Waals surface area (Å²) in [4.78, 5) is 25.6. The van der Waals surface area contributed by atoms with Crippen molar-refractivity contribution in [2.75, 3.05) is 27.1 Å². The Labute approximate surface area is 234 Å². The van der Waals surface area contributed by atoms with Crippen LogP contribution < -0.4 is 25.0 Å². The van der Waals surface area contributed by atoms with Crippen LogP contribution in [0.25, 0.3) is 11.1 Å². The summed E-state index contributed by atoms with van der Waals surface area (Å²) >= 11 is 1.28. The van der Waals surface area contributed by atoms with Gasteiger partial charge < -0.3 is 49.8 Å². The van der Waals surface area contributed by atoms with Crippen LogP contribution >= 0.6 is 11.8 Å². The number of aliphatic hydroxyl groups excluding tert-OH is 4. The van der Waals surface area contributed by atoms with Gasteiger partial charge in [0.05, 0.1) is 31.8 Å². The summed E-state index contributed by atoms with van der Waals surface area (Å²) in [6.07, 6.45) is -4.62. The number of aliphatic hydroxyl groups is 5. The van der Waals surface area contributed by atoms with Crippen molar-refractivity contribution >= 4 is 17.7 Å². The molecule has 0 saturated carbocycles. The number of fused-ring (bicyclic) bond motifs is 3. The van der Waals surface area contributed by atoms with Crippen LogP contribution in [0.5, 0.6) is 17.2 Å². The van der Waals surface area contributed by atoms with Gasteiger partial charge in [-0.05, 0) is 54.0 Å². The Morgan fingerprint density at radius 3 is 2.48 bits per heavy atom. The van der Waals surface area contributed by atoms with Crippen molar-refractivity contribution < 1.29 is 49.3 Å². The zero-order valence-electron chi connectivity index (χ0n) is 22.4. The maximum atomic E-state index is 13.0. The third-order valence-electron chi connectivity index (χ3n) is 7.07. The summed E-state index contributed by atoms with van der Waals surface area (Å²) in [6.45, 7) is 0.599. The van der Waals surface area contributed by atoms with Gasteiger partial charge in [0.25, 0.3) is 0 Å². The maximum absolute atomic E-state index is 13.0. The summed E-state index contributed by atoms with van der Waals surface area (Å²) in [5, 5.41) is 54.7. The molecule has 1 aliphatic carbocycles. The van der Waals surface area contributed by atoms with E-state index in [2.05, 4.69) is 5.32 Å². The second kappa shape index (κ2) is 11.9. The van der Waals surface area contributed by atoms with Gasteiger partial charge in [0, 0.05) is 12.5 Å². The fourth-order valence-electron chi connectivity index (χ4n) is 5.12. The fourth-order valence-corrected chi connectivity index (χ4v) is 5.58. The van der Waals surface area contributed by atoms with Crippen molar-refractivity contribution in [1.29, 1.82) is 0 Å². The number of thioether (sulfide) groups is 1. The Bertz CT molecular complexity index is 1340. The lowest BCUT2D eigenvalue weighted by atomic mass is 9.95. The standard InChI is InChI=1S/C27H33NO11S/c1-12(30)28-16-7-5-13-9-18(36-2)24(39-27(35)26(34)23(33)22(32)19(11-29)38-27)25(37-3)21(13)14-6-8-20(40-4)17(31)10-15(14)16/h6,8-10,16,19,22-23,26,29,32-35H,5,7,11H2,1-4H3,(H,28,30)/t16?,19-,22-,23+,26-,27+/m1/s1. The first-order valence-electron chi connectivity index (χ1n) is 12.5. The number of methoxy groups -OCH3 is 2. The number of rotatable bonds is 7. The monoisotopic (exact) mass is 579 g/mol. The van der Waals surface area contributed by atoms with Crippen LogP contribution in [0, 0.1) is 0 Å². The Morgan fingerprint density at radius 2 is 1.88 bits per heavy atom. The smallest absolute Gasteiger partial charge is 0.355 e. The maximum Gasteiger partial charge on any atom is 0.355 e. The molecule has 1 saturated heterocycles. The van der Waals surface area contributed by atoms with Crippen molar-refractivity contribution in [3.63, 3.8) is 0 Å². The number of hydrogen-bond acceptors (Lipinski definition) is 12. The van der Waals surface area contributed by atoms with E-state index < -0.39 is 43.0 Å². The highest BCUT2D eigenvalue weighted by atomic mass is 32.2. The Balaban J connectivity index is 1.97. The highest BCUT2D eigenvalue weighted by Gasteiger charge is 2.56. The summed E-state index contributed by atoms with van der Waals surface area (Å²) in [7, 11) is 2.70. The molecule has 1 fully saturated rings. The lowest BCUT2D eigenvalue weighted by Gasteiger charge is -2.44. The lowest BCUT2D eigenvalue weighted by molar-refractivity contribution is -0.422. The molecular weight excluding hydrogens is 546 g/mol. The minimum atomic E-state index is -2.93. The molecule has 218 valence electrons. The topological polar surface area (TPSA) is 184 Å². The molecule has 0 bridgehead atoms. The first-order chi connectivity index (χ1) is 19.0. The van der Waals surface area contributed by atoms with Crippen LogP contribution in [0.4, 0.5) is 0 Å². The van der Waals surface area contributed by atoms with Gasteiger partial charge >= 0.3 is 5.97 Å². The van der Waals surface area contributed by atoms with Gasteiger partial charge in [-0.25, -0.2) is 0 Å². The Kier molecular flexibility index (Phi) is 8.95. The van der Waals surface area contributed by atoms with Crippen LogP contribution in [0.15, 0.2) is 34.0 Å². The number of ether oxygens (including phenoxy) is 4. The third-order valence-corrected chi connectivity index (χ3v) is 7.85. The number of aryl methyl sites for hydroxylation is 1. The summed E-state index contributed by atoms with van der Waals surface area (Å²) < 4.78 is 22.4. The second-order valence-electron chi connectivity index (χ2n) is 9.54. The molecule has 1 unspecified atom stereocenters. The number of hydrogen-bond donors (Lipinski definition) is 6. The van der Waals surface area contributed by atoms with E-state index in [1.54, 1.807) is 24.5 Å². The molecule has 4 rings (SSSR count). The first kappa shape index (κ1) is 30.1. The molecule has 13 heteroatoms. The minimum absolute atomic E-state index is 0.0498. The average molecular weight is 580 g/mol. The van der Waals surface area contributed by atoms with Gasteiger partial charge in [-0.2, -0.15) is 0 Å². The summed E-state index contributed by atoms with van der Waals surface area (Å²) in [5.74, 6) is -3.29. The fraction of sp³-hybridized carbons (Fsp3) is 0.481. The van der Waals surface area contributed by atoms with Crippen LogP contribution in [0.1, 0.15) is 30.5 Å². The van der Waals surface area contributed by atoms with E-state index in [9.17, 15) is 35.1 Å². The highest BCUT2D eigenvalue weighted by Crippen LogP contribution is 2.51. The molecule has 12 nitrogen and oxygen atoms in total. The molecule has 1 aliphatic heterocycles. The third kappa shape index (κ3) is 5.38. The number of carbonyl (C=O) groups excluding carboxylic acids is 1. The normalized spacial score (nSPS) is 27.6. The van der Waals surface area contributed by atoms with Gasteiger partial charge in [-0.3, -0.25) is 9.59 Å². The van der Waals surface area contributed by atoms with Crippen molar-refractivity contribution in [3.05, 3.63) is 45.6 Å². The molecule has 1 heterocycles. The molecule has 2 aromatic carbocycles. The molecule has 6 N–H and O–H groups in total. The molecule has 0 spiro atoms. The van der Waals surface area contributed by atoms with E-state index >= 15 is 0 Å². The predicted octanol–water partition coefficient (Wildman–Crippen LogP) is 0.0750. The minimum Gasteiger partial charge on any atom is -0.493 e. The van der Waals surface area contributed by atoms with E-state index in [1.807, 2.05) is 0 Å². The molecular formula is C27H33NO11S. The van der Waals surface area contributed by atoms with Gasteiger partial charge in [0.15, 0.2) is 23.0 Å². The predicted molar refractivity (Wildman–Crippen MR) is 143 cm³/mol. The van der Waals surface area contributed by atoms with E-state index in [1.165, 1.54) is 39.0 Å². The van der Waals surface area contributed by atoms with Crippen molar-refractivity contribution in [2.24, 2.45) is 0 Å². The lowest BCUT2D eigenvalue weighted by Crippen LogP contribution is -2.67. The van der Waals surface area contributed by atoms with E-state index in [0.717, 1.165) is 5.56 Å². The van der Waals surface area contributed by atoms with Crippen molar-refractivity contribution in [1.82, 2.24) is 5.32 Å². The van der Waals surface area contributed by atoms with Gasteiger partial charge in [-0.15, -0.1) is 11.8 Å². The summed E-state index contributed by atoms with van der Waals surface area (Å²) in [6, 6.07) is 6.02. The molecule has 2 aromatic rings. The number of amides is 1. The number of carbonyl (C=O) groups is 1. The molecule has 1 amide bonds.